The lowest BCUT2D eigenvalue weighted by atomic mass is 9.87. The Kier molecular flexibility index (Phi) is 11.9. The van der Waals surface area contributed by atoms with Crippen molar-refractivity contribution >= 4 is 25.1 Å². The SMILES string of the molecule is COC(=O)C1CCC(Oc2nc3c(F)c(-c4ccc(-c5ccc(CN6CC(OCCO)C6)cc5)cc4)c(F)cc3n2COCC[Si](C)(C)C)CC1. The van der Waals surface area contributed by atoms with E-state index in [9.17, 15) is 4.79 Å². The molecule has 1 aliphatic heterocycles. The quantitative estimate of drug-likeness (QED) is 0.0779. The first-order valence-electron chi connectivity index (χ1n) is 17.9. The molecule has 2 aliphatic rings. The first-order valence-corrected chi connectivity index (χ1v) is 21.6. The molecule has 2 fully saturated rings. The molecular weight excluding hydrogens is 673 g/mol. The van der Waals surface area contributed by atoms with Gasteiger partial charge in [-0.3, -0.25) is 14.3 Å². The lowest BCUT2D eigenvalue weighted by Gasteiger charge is -2.38. The zero-order valence-electron chi connectivity index (χ0n) is 30.0. The predicted molar refractivity (Wildman–Crippen MR) is 195 cm³/mol. The highest BCUT2D eigenvalue weighted by molar-refractivity contribution is 6.76. The third-order valence-corrected chi connectivity index (χ3v) is 11.5. The van der Waals surface area contributed by atoms with Crippen LogP contribution in [0.5, 0.6) is 6.01 Å². The topological polar surface area (TPSA) is 95.3 Å². The van der Waals surface area contributed by atoms with E-state index in [4.69, 9.17) is 24.1 Å². The number of nitrogens with zero attached hydrogens (tertiary/aromatic N) is 3. The highest BCUT2D eigenvalue weighted by Crippen LogP contribution is 2.36. The number of methoxy groups -OCH3 is 1. The number of aliphatic hydroxyl groups is 1. The predicted octanol–water partition coefficient (Wildman–Crippen LogP) is 7.26. The number of imidazole rings is 1. The van der Waals surface area contributed by atoms with E-state index in [1.165, 1.54) is 18.7 Å². The zero-order valence-corrected chi connectivity index (χ0v) is 31.0. The summed E-state index contributed by atoms with van der Waals surface area (Å²) in [6.07, 6.45) is 2.45. The van der Waals surface area contributed by atoms with Gasteiger partial charge in [-0.2, -0.15) is 4.98 Å². The van der Waals surface area contributed by atoms with Crippen LogP contribution in [-0.2, 0) is 32.3 Å². The molecule has 0 bridgehead atoms. The van der Waals surface area contributed by atoms with E-state index >= 15 is 8.78 Å². The molecule has 1 aliphatic carbocycles. The molecule has 51 heavy (non-hydrogen) atoms. The van der Waals surface area contributed by atoms with Gasteiger partial charge in [0.1, 0.15) is 24.2 Å². The first kappa shape index (κ1) is 37.1. The molecule has 9 nitrogen and oxygen atoms in total. The van der Waals surface area contributed by atoms with E-state index in [0.717, 1.165) is 36.8 Å². The summed E-state index contributed by atoms with van der Waals surface area (Å²) in [4.78, 5) is 18.9. The molecule has 12 heteroatoms. The van der Waals surface area contributed by atoms with E-state index in [-0.39, 0.29) is 60.0 Å². The summed E-state index contributed by atoms with van der Waals surface area (Å²) in [5, 5.41) is 8.93. The van der Waals surface area contributed by atoms with Crippen molar-refractivity contribution < 1.29 is 37.6 Å². The van der Waals surface area contributed by atoms with Gasteiger partial charge in [0.2, 0.25) is 0 Å². The maximum Gasteiger partial charge on any atom is 0.308 e. The van der Waals surface area contributed by atoms with Gasteiger partial charge >= 0.3 is 5.97 Å². The van der Waals surface area contributed by atoms with E-state index in [0.29, 0.717) is 44.5 Å². The Bertz CT molecular complexity index is 1780. The molecule has 274 valence electrons. The summed E-state index contributed by atoms with van der Waals surface area (Å²) in [6.45, 7) is 10.3. The third kappa shape index (κ3) is 9.04. The van der Waals surface area contributed by atoms with Crippen molar-refractivity contribution in [3.05, 3.63) is 71.8 Å². The van der Waals surface area contributed by atoms with Gasteiger partial charge in [-0.25, -0.2) is 8.78 Å². The van der Waals surface area contributed by atoms with E-state index in [1.54, 1.807) is 16.7 Å². The average Bonchev–Trinajstić information content (AvgIpc) is 3.44. The van der Waals surface area contributed by atoms with Crippen molar-refractivity contribution in [2.24, 2.45) is 5.92 Å². The molecule has 1 saturated carbocycles. The molecule has 0 atom stereocenters. The van der Waals surface area contributed by atoms with Gasteiger partial charge in [0.05, 0.1) is 43.4 Å². The highest BCUT2D eigenvalue weighted by atomic mass is 28.3. The zero-order chi connectivity index (χ0) is 36.1. The molecule has 1 aromatic heterocycles. The van der Waals surface area contributed by atoms with Gasteiger partial charge < -0.3 is 24.1 Å². The van der Waals surface area contributed by atoms with E-state index in [2.05, 4.69) is 53.8 Å². The van der Waals surface area contributed by atoms with Gasteiger partial charge in [0.15, 0.2) is 5.82 Å². The number of aromatic nitrogens is 2. The summed E-state index contributed by atoms with van der Waals surface area (Å²) in [7, 11) is 0.0431. The lowest BCUT2D eigenvalue weighted by molar-refractivity contribution is -0.147. The molecule has 1 saturated heterocycles. The Morgan fingerprint density at radius 1 is 0.922 bits per heavy atom. The summed E-state index contributed by atoms with van der Waals surface area (Å²) >= 11 is 0. The molecule has 1 N–H and O–H groups in total. The molecule has 2 heterocycles. The van der Waals surface area contributed by atoms with Crippen LogP contribution in [-0.4, -0.2) is 85.8 Å². The summed E-state index contributed by atoms with van der Waals surface area (Å²) < 4.78 is 56.6. The van der Waals surface area contributed by atoms with Crippen LogP contribution in [0.25, 0.3) is 33.3 Å². The number of likely N-dealkylation sites (tertiary alicyclic amines) is 1. The van der Waals surface area contributed by atoms with Crippen molar-refractivity contribution in [1.82, 2.24) is 14.5 Å². The van der Waals surface area contributed by atoms with Crippen LogP contribution in [0.4, 0.5) is 8.78 Å². The van der Waals surface area contributed by atoms with Crippen molar-refractivity contribution in [3.63, 3.8) is 0 Å². The van der Waals surface area contributed by atoms with Crippen LogP contribution in [0.1, 0.15) is 31.2 Å². The molecular formula is C39H49F2N3O6Si. The number of esters is 1. The molecule has 0 unspecified atom stereocenters. The second-order valence-electron chi connectivity index (χ2n) is 14.9. The number of rotatable bonds is 15. The molecule has 4 aromatic rings. The van der Waals surface area contributed by atoms with Crippen LogP contribution in [0, 0.1) is 17.6 Å². The Labute approximate surface area is 299 Å². The van der Waals surface area contributed by atoms with Crippen LogP contribution < -0.4 is 4.74 Å². The Hall–Kier alpha value is -3.68. The smallest absolute Gasteiger partial charge is 0.308 e. The number of ether oxygens (including phenoxy) is 4. The van der Waals surface area contributed by atoms with Crippen molar-refractivity contribution in [3.8, 4) is 28.3 Å². The second kappa shape index (κ2) is 16.3. The average molecular weight is 722 g/mol. The molecule has 6 rings (SSSR count). The fourth-order valence-corrected chi connectivity index (χ4v) is 7.54. The highest BCUT2D eigenvalue weighted by Gasteiger charge is 2.30. The van der Waals surface area contributed by atoms with Crippen LogP contribution in [0.15, 0.2) is 54.6 Å². The van der Waals surface area contributed by atoms with Gasteiger partial charge in [0, 0.05) is 40.4 Å². The number of hydrogen-bond acceptors (Lipinski definition) is 8. The van der Waals surface area contributed by atoms with Crippen molar-refractivity contribution in [2.75, 3.05) is 40.0 Å². The summed E-state index contributed by atoms with van der Waals surface area (Å²) in [5.74, 6) is -1.83. The third-order valence-electron chi connectivity index (χ3n) is 9.83. The maximum absolute atomic E-state index is 16.3. The number of carbonyl (C=O) groups excluding carboxylic acids is 1. The second-order valence-corrected chi connectivity index (χ2v) is 20.5. The van der Waals surface area contributed by atoms with Crippen LogP contribution in [0.2, 0.25) is 25.7 Å². The minimum atomic E-state index is -1.35. The maximum atomic E-state index is 16.3. The minimum Gasteiger partial charge on any atom is -0.469 e. The van der Waals surface area contributed by atoms with Gasteiger partial charge in [-0.05, 0) is 54.0 Å². The van der Waals surface area contributed by atoms with Gasteiger partial charge in [-0.1, -0.05) is 68.2 Å². The minimum absolute atomic E-state index is 0.0200. The first-order chi connectivity index (χ1) is 24.5. The number of aliphatic hydroxyl groups excluding tert-OH is 1. The largest absolute Gasteiger partial charge is 0.469 e. The van der Waals surface area contributed by atoms with Crippen LogP contribution in [0.3, 0.4) is 0 Å². The molecule has 0 amide bonds. The molecule has 3 aromatic carbocycles. The van der Waals surface area contributed by atoms with E-state index < -0.39 is 19.7 Å². The number of halogens is 2. The number of carbonyl (C=O) groups is 1. The molecule has 0 radical (unpaired) electrons. The van der Waals surface area contributed by atoms with Crippen molar-refractivity contribution in [2.45, 2.75) is 76.9 Å². The van der Waals surface area contributed by atoms with Crippen LogP contribution >= 0.6 is 0 Å². The molecule has 0 spiro atoms. The summed E-state index contributed by atoms with van der Waals surface area (Å²) in [6, 6.07) is 17.9. The Morgan fingerprint density at radius 3 is 2.20 bits per heavy atom. The summed E-state index contributed by atoms with van der Waals surface area (Å²) in [5.41, 5.74) is 3.68. The number of fused-ring (bicyclic) bond motifs is 1. The lowest BCUT2D eigenvalue weighted by Crippen LogP contribution is -2.51. The monoisotopic (exact) mass is 721 g/mol. The van der Waals surface area contributed by atoms with Crippen molar-refractivity contribution in [1.29, 1.82) is 0 Å². The number of hydrogen-bond donors (Lipinski definition) is 1. The Morgan fingerprint density at radius 2 is 1.57 bits per heavy atom. The van der Waals surface area contributed by atoms with Gasteiger partial charge in [-0.15, -0.1) is 0 Å². The van der Waals surface area contributed by atoms with E-state index in [1.807, 2.05) is 12.1 Å². The fraction of sp³-hybridized carbons (Fsp3) is 0.487. The number of benzene rings is 3. The van der Waals surface area contributed by atoms with Gasteiger partial charge in [0.25, 0.3) is 6.01 Å². The normalized spacial score (nSPS) is 18.6. The standard InChI is InChI=1S/C39H49F2N3O6Si/c1-47-38(46)30-13-15-31(16-14-30)50-39-42-37-34(44(39)25-48-19-20-51(2,3)4)21-33(40)35(36(37)41)29-11-9-28(10-12-29)27-7-5-26(6-8-27)22-43-23-32(24-43)49-18-17-45/h5-12,21,30-32,45H,13-20,22-25H2,1-4H3. The fourth-order valence-electron chi connectivity index (χ4n) is 6.78. The Balaban J connectivity index is 1.19.